The van der Waals surface area contributed by atoms with Crippen LogP contribution in [0.15, 0.2) is 0 Å². The van der Waals surface area contributed by atoms with Crippen molar-refractivity contribution in [2.24, 2.45) is 7.05 Å². The summed E-state index contributed by atoms with van der Waals surface area (Å²) >= 11 is 6.15. The fourth-order valence-electron chi connectivity index (χ4n) is 1.64. The van der Waals surface area contributed by atoms with Crippen LogP contribution in [0.25, 0.3) is 0 Å². The number of ether oxygens (including phenoxy) is 1. The number of aromatic nitrogens is 2. The highest BCUT2D eigenvalue weighted by Gasteiger charge is 2.12. The summed E-state index contributed by atoms with van der Waals surface area (Å²) in [5, 5.41) is 8.40. The molecule has 0 fully saturated rings. The van der Waals surface area contributed by atoms with Crippen LogP contribution in [0.5, 0.6) is 0 Å². The van der Waals surface area contributed by atoms with Crippen molar-refractivity contribution in [3.05, 3.63) is 16.4 Å². The number of rotatable bonds is 6. The van der Waals surface area contributed by atoms with Gasteiger partial charge in [-0.05, 0) is 13.3 Å². The third-order valence-electron chi connectivity index (χ3n) is 2.70. The standard InChI is InChI=1S/C11H20ClN3O/c1-5-9(7-16-4)13-6-10-8(2)14-15(3)11(10)12/h9,13H,5-7H2,1-4H3. The molecule has 5 heteroatoms. The average Bonchev–Trinajstić information content (AvgIpc) is 2.49. The molecule has 0 aromatic carbocycles. The van der Waals surface area contributed by atoms with Crippen LogP contribution in [-0.2, 0) is 18.3 Å². The van der Waals surface area contributed by atoms with Crippen molar-refractivity contribution in [1.82, 2.24) is 15.1 Å². The Kier molecular flexibility index (Phi) is 5.25. The summed E-state index contributed by atoms with van der Waals surface area (Å²) < 4.78 is 6.83. The van der Waals surface area contributed by atoms with E-state index < -0.39 is 0 Å². The van der Waals surface area contributed by atoms with E-state index in [9.17, 15) is 0 Å². The van der Waals surface area contributed by atoms with Crippen LogP contribution >= 0.6 is 11.6 Å². The molecule has 0 amide bonds. The van der Waals surface area contributed by atoms with Crippen LogP contribution < -0.4 is 5.32 Å². The first-order chi connectivity index (χ1) is 7.60. The molecule has 1 aromatic rings. The Bertz CT molecular complexity index is 338. The van der Waals surface area contributed by atoms with Crippen molar-refractivity contribution >= 4 is 11.6 Å². The Morgan fingerprint density at radius 2 is 2.25 bits per heavy atom. The largest absolute Gasteiger partial charge is 0.383 e. The first-order valence-corrected chi connectivity index (χ1v) is 5.88. The monoisotopic (exact) mass is 245 g/mol. The van der Waals surface area contributed by atoms with Crippen LogP contribution in [0.4, 0.5) is 0 Å². The Morgan fingerprint density at radius 1 is 1.56 bits per heavy atom. The summed E-state index contributed by atoms with van der Waals surface area (Å²) in [6.07, 6.45) is 1.03. The van der Waals surface area contributed by atoms with Crippen molar-refractivity contribution in [2.45, 2.75) is 32.9 Å². The number of nitrogens with zero attached hydrogens (tertiary/aromatic N) is 2. The van der Waals surface area contributed by atoms with Gasteiger partial charge in [-0.3, -0.25) is 4.68 Å². The van der Waals surface area contributed by atoms with Gasteiger partial charge in [-0.15, -0.1) is 0 Å². The topological polar surface area (TPSA) is 39.1 Å². The molecular formula is C11H20ClN3O. The van der Waals surface area contributed by atoms with Gasteiger partial charge in [0, 0.05) is 32.3 Å². The summed E-state index contributed by atoms with van der Waals surface area (Å²) in [5.74, 6) is 0. The van der Waals surface area contributed by atoms with Gasteiger partial charge in [0.15, 0.2) is 0 Å². The molecule has 0 aliphatic heterocycles. The van der Waals surface area contributed by atoms with E-state index in [1.165, 1.54) is 0 Å². The highest BCUT2D eigenvalue weighted by atomic mass is 35.5. The number of halogens is 1. The van der Waals surface area contributed by atoms with Gasteiger partial charge in [0.25, 0.3) is 0 Å². The van der Waals surface area contributed by atoms with Crippen molar-refractivity contribution in [3.63, 3.8) is 0 Å². The van der Waals surface area contributed by atoms with Crippen LogP contribution in [-0.4, -0.2) is 29.5 Å². The first kappa shape index (κ1) is 13.5. The highest BCUT2D eigenvalue weighted by Crippen LogP contribution is 2.18. The van der Waals surface area contributed by atoms with Crippen LogP contribution in [0, 0.1) is 6.92 Å². The number of nitrogens with one attached hydrogen (secondary N) is 1. The van der Waals surface area contributed by atoms with Gasteiger partial charge < -0.3 is 10.1 Å². The lowest BCUT2D eigenvalue weighted by atomic mass is 10.2. The molecular weight excluding hydrogens is 226 g/mol. The van der Waals surface area contributed by atoms with Crippen molar-refractivity contribution in [2.75, 3.05) is 13.7 Å². The van der Waals surface area contributed by atoms with Crippen LogP contribution in [0.1, 0.15) is 24.6 Å². The zero-order valence-electron chi connectivity index (χ0n) is 10.4. The summed E-state index contributed by atoms with van der Waals surface area (Å²) in [4.78, 5) is 0. The molecule has 1 unspecified atom stereocenters. The second-order valence-electron chi connectivity index (χ2n) is 3.92. The molecule has 1 heterocycles. The smallest absolute Gasteiger partial charge is 0.131 e. The average molecular weight is 246 g/mol. The minimum absolute atomic E-state index is 0.362. The lowest BCUT2D eigenvalue weighted by Crippen LogP contribution is -2.32. The predicted molar refractivity (Wildman–Crippen MR) is 65.7 cm³/mol. The van der Waals surface area contributed by atoms with Gasteiger partial charge in [-0.2, -0.15) is 5.10 Å². The van der Waals surface area contributed by atoms with E-state index in [0.717, 1.165) is 24.2 Å². The number of hydrogen-bond donors (Lipinski definition) is 1. The molecule has 1 N–H and O–H groups in total. The van der Waals surface area contributed by atoms with E-state index in [1.807, 2.05) is 14.0 Å². The summed E-state index contributed by atoms with van der Waals surface area (Å²) in [5.41, 5.74) is 2.05. The minimum atomic E-state index is 0.362. The minimum Gasteiger partial charge on any atom is -0.383 e. The molecule has 0 saturated heterocycles. The predicted octanol–water partition coefficient (Wildman–Crippen LogP) is 1.90. The van der Waals surface area contributed by atoms with E-state index >= 15 is 0 Å². The number of aryl methyl sites for hydroxylation is 2. The number of hydrogen-bond acceptors (Lipinski definition) is 3. The maximum Gasteiger partial charge on any atom is 0.131 e. The van der Waals surface area contributed by atoms with Gasteiger partial charge >= 0.3 is 0 Å². The molecule has 92 valence electrons. The third-order valence-corrected chi connectivity index (χ3v) is 3.17. The molecule has 16 heavy (non-hydrogen) atoms. The summed E-state index contributed by atoms with van der Waals surface area (Å²) in [6.45, 7) is 5.56. The zero-order chi connectivity index (χ0) is 12.1. The number of methoxy groups -OCH3 is 1. The molecule has 0 aliphatic carbocycles. The fraction of sp³-hybridized carbons (Fsp3) is 0.727. The third kappa shape index (κ3) is 3.20. The maximum atomic E-state index is 6.15. The Hall–Kier alpha value is -0.580. The van der Waals surface area contributed by atoms with Crippen LogP contribution in [0.3, 0.4) is 0 Å². The molecule has 0 radical (unpaired) electrons. The normalized spacial score (nSPS) is 13.1. The lowest BCUT2D eigenvalue weighted by Gasteiger charge is -2.15. The second-order valence-corrected chi connectivity index (χ2v) is 4.28. The Balaban J connectivity index is 2.59. The first-order valence-electron chi connectivity index (χ1n) is 5.50. The van der Waals surface area contributed by atoms with Crippen molar-refractivity contribution < 1.29 is 4.74 Å². The van der Waals surface area contributed by atoms with E-state index in [2.05, 4.69) is 17.3 Å². The van der Waals surface area contributed by atoms with Gasteiger partial charge in [-0.25, -0.2) is 0 Å². The molecule has 1 rings (SSSR count). The van der Waals surface area contributed by atoms with Gasteiger partial charge in [0.1, 0.15) is 5.15 Å². The Morgan fingerprint density at radius 3 is 2.69 bits per heavy atom. The Labute approximate surface area is 102 Å². The van der Waals surface area contributed by atoms with Gasteiger partial charge in [0.05, 0.1) is 12.3 Å². The quantitative estimate of drug-likeness (QED) is 0.832. The summed E-state index contributed by atoms with van der Waals surface area (Å²) in [7, 11) is 3.57. The molecule has 0 bridgehead atoms. The van der Waals surface area contributed by atoms with E-state index in [0.29, 0.717) is 17.8 Å². The fourth-order valence-corrected chi connectivity index (χ4v) is 1.88. The molecule has 0 spiro atoms. The molecule has 1 aromatic heterocycles. The van der Waals surface area contributed by atoms with Gasteiger partial charge in [-0.1, -0.05) is 18.5 Å². The SMILES string of the molecule is CCC(COC)NCc1c(C)nn(C)c1Cl. The van der Waals surface area contributed by atoms with Gasteiger partial charge in [0.2, 0.25) is 0 Å². The lowest BCUT2D eigenvalue weighted by molar-refractivity contribution is 0.164. The molecule has 0 saturated carbocycles. The van der Waals surface area contributed by atoms with Crippen molar-refractivity contribution in [3.8, 4) is 0 Å². The maximum absolute atomic E-state index is 6.15. The van der Waals surface area contributed by atoms with E-state index in [4.69, 9.17) is 16.3 Å². The summed E-state index contributed by atoms with van der Waals surface area (Å²) in [6, 6.07) is 0.362. The second kappa shape index (κ2) is 6.23. The molecule has 1 atom stereocenters. The highest BCUT2D eigenvalue weighted by molar-refractivity contribution is 6.30. The van der Waals surface area contributed by atoms with Crippen molar-refractivity contribution in [1.29, 1.82) is 0 Å². The molecule has 0 aliphatic rings. The molecule has 4 nitrogen and oxygen atoms in total. The van der Waals surface area contributed by atoms with E-state index in [1.54, 1.807) is 11.8 Å². The zero-order valence-corrected chi connectivity index (χ0v) is 11.1. The van der Waals surface area contributed by atoms with Crippen LogP contribution in [0.2, 0.25) is 5.15 Å². The van der Waals surface area contributed by atoms with E-state index in [-0.39, 0.29) is 0 Å².